The topological polar surface area (TPSA) is 102 Å². The maximum Gasteiger partial charge on any atom is 0.300 e. The third-order valence-electron chi connectivity index (χ3n) is 2.66. The zero-order valence-corrected chi connectivity index (χ0v) is 11.0. The molecule has 3 aromatic rings. The van der Waals surface area contributed by atoms with Crippen LogP contribution in [0.15, 0.2) is 42.5 Å². The Kier molecular flexibility index (Phi) is 3.70. The molecule has 0 bridgehead atoms. The summed E-state index contributed by atoms with van der Waals surface area (Å²) in [7, 11) is 0. The minimum Gasteiger partial charge on any atom is -0.481 e. The fourth-order valence-electron chi connectivity index (χ4n) is 1.86. The highest BCUT2D eigenvalue weighted by atomic mass is 16.4. The van der Waals surface area contributed by atoms with E-state index in [4.69, 9.17) is 21.4 Å². The molecule has 3 rings (SSSR count). The van der Waals surface area contributed by atoms with E-state index < -0.39 is 5.97 Å². The zero-order chi connectivity index (χ0) is 14.7. The molecule has 0 amide bonds. The van der Waals surface area contributed by atoms with E-state index >= 15 is 0 Å². The maximum atomic E-state index is 9.00. The van der Waals surface area contributed by atoms with Crippen LogP contribution in [0.25, 0.3) is 21.8 Å². The molecule has 0 atom stereocenters. The molecule has 20 heavy (non-hydrogen) atoms. The second-order valence-electron chi connectivity index (χ2n) is 4.41. The molecule has 102 valence electrons. The van der Waals surface area contributed by atoms with Crippen LogP contribution in [0.4, 0.5) is 11.4 Å². The van der Waals surface area contributed by atoms with Crippen molar-refractivity contribution in [3.63, 3.8) is 0 Å². The molecule has 5 N–H and O–H groups in total. The fourth-order valence-corrected chi connectivity index (χ4v) is 1.86. The van der Waals surface area contributed by atoms with Crippen LogP contribution in [0.1, 0.15) is 6.92 Å². The molecule has 0 saturated carbocycles. The first-order valence-corrected chi connectivity index (χ1v) is 6.01. The summed E-state index contributed by atoms with van der Waals surface area (Å²) in [4.78, 5) is 13.5. The van der Waals surface area contributed by atoms with E-state index in [2.05, 4.69) is 11.1 Å². The van der Waals surface area contributed by atoms with E-state index in [1.165, 1.54) is 0 Å². The van der Waals surface area contributed by atoms with Gasteiger partial charge in [0, 0.05) is 29.1 Å². The van der Waals surface area contributed by atoms with Crippen molar-refractivity contribution in [3.05, 3.63) is 42.5 Å². The lowest BCUT2D eigenvalue weighted by Crippen LogP contribution is -1.89. The number of carboxylic acids is 1. The number of carboxylic acid groups (broad SMARTS) is 1. The summed E-state index contributed by atoms with van der Waals surface area (Å²) < 4.78 is 0. The van der Waals surface area contributed by atoms with Crippen molar-refractivity contribution >= 4 is 39.1 Å². The predicted molar refractivity (Wildman–Crippen MR) is 81.4 cm³/mol. The molecule has 0 aliphatic carbocycles. The van der Waals surface area contributed by atoms with Gasteiger partial charge in [-0.2, -0.15) is 0 Å². The third kappa shape index (κ3) is 3.14. The van der Waals surface area contributed by atoms with Crippen molar-refractivity contribution in [2.24, 2.45) is 0 Å². The SMILES string of the molecule is CC(=O)O.Nc1ccc2cc3ccc(N)cc3nc2c1. The summed E-state index contributed by atoms with van der Waals surface area (Å²) in [6, 6.07) is 13.6. The van der Waals surface area contributed by atoms with Gasteiger partial charge in [0.15, 0.2) is 0 Å². The normalized spacial score (nSPS) is 10.1. The van der Waals surface area contributed by atoms with E-state index in [1.54, 1.807) is 0 Å². The highest BCUT2D eigenvalue weighted by molar-refractivity contribution is 5.94. The monoisotopic (exact) mass is 269 g/mol. The van der Waals surface area contributed by atoms with E-state index in [1.807, 2.05) is 36.4 Å². The van der Waals surface area contributed by atoms with Gasteiger partial charge in [0.2, 0.25) is 0 Å². The lowest BCUT2D eigenvalue weighted by molar-refractivity contribution is -0.134. The van der Waals surface area contributed by atoms with Crippen LogP contribution in [0.5, 0.6) is 0 Å². The van der Waals surface area contributed by atoms with Crippen molar-refractivity contribution in [2.45, 2.75) is 6.92 Å². The Balaban J connectivity index is 0.000000328. The van der Waals surface area contributed by atoms with Crippen molar-refractivity contribution in [2.75, 3.05) is 11.5 Å². The van der Waals surface area contributed by atoms with Crippen LogP contribution in [-0.4, -0.2) is 16.1 Å². The van der Waals surface area contributed by atoms with Crippen molar-refractivity contribution in [1.82, 2.24) is 4.98 Å². The van der Waals surface area contributed by atoms with Crippen molar-refractivity contribution < 1.29 is 9.90 Å². The highest BCUT2D eigenvalue weighted by Gasteiger charge is 2.00. The molecular weight excluding hydrogens is 254 g/mol. The fraction of sp³-hybridized carbons (Fsp3) is 0.0667. The lowest BCUT2D eigenvalue weighted by atomic mass is 10.1. The Labute approximate surface area is 115 Å². The van der Waals surface area contributed by atoms with Crippen molar-refractivity contribution in [1.29, 1.82) is 0 Å². The molecule has 0 aliphatic rings. The number of hydrogen-bond acceptors (Lipinski definition) is 4. The average molecular weight is 269 g/mol. The summed E-state index contributed by atoms with van der Waals surface area (Å²) in [5, 5.41) is 9.60. The van der Waals surface area contributed by atoms with Crippen LogP contribution in [0, 0.1) is 0 Å². The molecule has 0 saturated heterocycles. The number of nitrogen functional groups attached to an aromatic ring is 2. The molecular formula is C15H15N3O2. The number of nitrogens with zero attached hydrogens (tertiary/aromatic N) is 1. The second kappa shape index (κ2) is 5.44. The Morgan fingerprint density at radius 3 is 1.75 bits per heavy atom. The second-order valence-corrected chi connectivity index (χ2v) is 4.41. The number of nitrogens with two attached hydrogens (primary N) is 2. The Morgan fingerprint density at radius 1 is 0.950 bits per heavy atom. The molecule has 0 fully saturated rings. The van der Waals surface area contributed by atoms with Gasteiger partial charge in [-0.3, -0.25) is 4.79 Å². The Hall–Kier alpha value is -2.82. The van der Waals surface area contributed by atoms with Crippen molar-refractivity contribution in [3.8, 4) is 0 Å². The van der Waals surface area contributed by atoms with Gasteiger partial charge in [0.1, 0.15) is 0 Å². The Morgan fingerprint density at radius 2 is 1.35 bits per heavy atom. The number of aliphatic carboxylic acids is 1. The highest BCUT2D eigenvalue weighted by Crippen LogP contribution is 2.22. The van der Waals surface area contributed by atoms with Gasteiger partial charge >= 0.3 is 0 Å². The Bertz CT molecular complexity index is 724. The third-order valence-corrected chi connectivity index (χ3v) is 2.66. The molecule has 2 aromatic carbocycles. The molecule has 0 aliphatic heterocycles. The standard InChI is InChI=1S/C13H11N3.C2H4O2/c14-10-3-1-8-5-9-2-4-11(15)7-13(9)16-12(8)6-10;1-2(3)4/h1-7H,14-15H2;1H3,(H,3,4). The summed E-state index contributed by atoms with van der Waals surface area (Å²) in [5.41, 5.74) is 14.7. The van der Waals surface area contributed by atoms with Gasteiger partial charge in [-0.15, -0.1) is 0 Å². The van der Waals surface area contributed by atoms with Gasteiger partial charge in [-0.1, -0.05) is 12.1 Å². The van der Waals surface area contributed by atoms with Crippen LogP contribution in [0.2, 0.25) is 0 Å². The molecule has 1 heterocycles. The van der Waals surface area contributed by atoms with Gasteiger partial charge < -0.3 is 16.6 Å². The number of hydrogen-bond donors (Lipinski definition) is 3. The van der Waals surface area contributed by atoms with E-state index in [0.29, 0.717) is 0 Å². The first kappa shape index (κ1) is 13.6. The molecule has 0 spiro atoms. The number of benzene rings is 2. The first-order valence-electron chi connectivity index (χ1n) is 6.01. The molecule has 0 radical (unpaired) electrons. The molecule has 5 heteroatoms. The van der Waals surface area contributed by atoms with Gasteiger partial charge in [0.05, 0.1) is 11.0 Å². The number of anilines is 2. The molecule has 5 nitrogen and oxygen atoms in total. The summed E-state index contributed by atoms with van der Waals surface area (Å²) in [6.45, 7) is 1.08. The van der Waals surface area contributed by atoms with Crippen LogP contribution >= 0.6 is 0 Å². The first-order chi connectivity index (χ1) is 9.45. The van der Waals surface area contributed by atoms with Gasteiger partial charge in [-0.05, 0) is 30.3 Å². The van der Waals surface area contributed by atoms with E-state index in [9.17, 15) is 0 Å². The summed E-state index contributed by atoms with van der Waals surface area (Å²) in [6.07, 6.45) is 0. The molecule has 0 unspecified atom stereocenters. The van der Waals surface area contributed by atoms with Crippen LogP contribution < -0.4 is 11.5 Å². The largest absolute Gasteiger partial charge is 0.481 e. The number of pyridine rings is 1. The minimum atomic E-state index is -0.833. The smallest absolute Gasteiger partial charge is 0.300 e. The van der Waals surface area contributed by atoms with E-state index in [0.717, 1.165) is 40.1 Å². The summed E-state index contributed by atoms with van der Waals surface area (Å²) >= 11 is 0. The number of carbonyl (C=O) groups is 1. The zero-order valence-electron chi connectivity index (χ0n) is 11.0. The van der Waals surface area contributed by atoms with E-state index in [-0.39, 0.29) is 0 Å². The maximum absolute atomic E-state index is 9.00. The average Bonchev–Trinajstić information content (AvgIpc) is 2.35. The number of fused-ring (bicyclic) bond motifs is 2. The lowest BCUT2D eigenvalue weighted by Gasteiger charge is -2.03. The van der Waals surface area contributed by atoms with Gasteiger partial charge in [0.25, 0.3) is 5.97 Å². The summed E-state index contributed by atoms with van der Waals surface area (Å²) in [5.74, 6) is -0.833. The van der Waals surface area contributed by atoms with Crippen LogP contribution in [0.3, 0.4) is 0 Å². The number of aromatic nitrogens is 1. The molecule has 1 aromatic heterocycles. The van der Waals surface area contributed by atoms with Gasteiger partial charge in [-0.25, -0.2) is 4.98 Å². The van der Waals surface area contributed by atoms with Crippen LogP contribution in [-0.2, 0) is 4.79 Å². The number of rotatable bonds is 0. The predicted octanol–water partition coefficient (Wildman–Crippen LogP) is 2.64. The minimum absolute atomic E-state index is 0.725. The quantitative estimate of drug-likeness (QED) is 0.430.